The fourth-order valence-electron chi connectivity index (χ4n) is 2.35. The highest BCUT2D eigenvalue weighted by atomic mass is 127. The topological polar surface area (TPSA) is 90.9 Å². The number of rotatable bonds is 10. The van der Waals surface area contributed by atoms with Gasteiger partial charge in [-0.15, -0.1) is 0 Å². The van der Waals surface area contributed by atoms with Gasteiger partial charge in [-0.1, -0.05) is 64.4 Å². The SMILES string of the molecule is CC[C@H](C)[C@H](NC(=O)OCc1ccccc1)C(=O)O[C@H](C(=O)OCI)C(C)C. The minimum Gasteiger partial charge on any atom is -0.452 e. The number of alkyl halides is 1. The lowest BCUT2D eigenvalue weighted by molar-refractivity contribution is -0.171. The number of benzene rings is 1. The number of hydrogen-bond acceptors (Lipinski definition) is 6. The van der Waals surface area contributed by atoms with E-state index in [1.54, 1.807) is 13.8 Å². The summed E-state index contributed by atoms with van der Waals surface area (Å²) in [6, 6.07) is 8.29. The van der Waals surface area contributed by atoms with E-state index >= 15 is 0 Å². The molecular weight excluding hydrogens is 477 g/mol. The zero-order chi connectivity index (χ0) is 21.1. The Morgan fingerprint density at radius 1 is 1.04 bits per heavy atom. The zero-order valence-corrected chi connectivity index (χ0v) is 18.8. The monoisotopic (exact) mass is 505 g/mol. The quantitative estimate of drug-likeness (QED) is 0.225. The third-order valence-electron chi connectivity index (χ3n) is 4.23. The summed E-state index contributed by atoms with van der Waals surface area (Å²) in [5.74, 6) is -1.75. The summed E-state index contributed by atoms with van der Waals surface area (Å²) in [6.07, 6.45) is -1.12. The molecule has 7 nitrogen and oxygen atoms in total. The molecule has 0 bridgehead atoms. The van der Waals surface area contributed by atoms with Crippen molar-refractivity contribution in [3.8, 4) is 0 Å². The fourth-order valence-corrected chi connectivity index (χ4v) is 2.66. The first-order chi connectivity index (χ1) is 13.3. The molecule has 0 radical (unpaired) electrons. The van der Waals surface area contributed by atoms with Crippen LogP contribution in [0.1, 0.15) is 39.7 Å². The van der Waals surface area contributed by atoms with Crippen molar-refractivity contribution in [3.05, 3.63) is 35.9 Å². The molecular formula is C20H28INO6. The van der Waals surface area contributed by atoms with Gasteiger partial charge in [-0.2, -0.15) is 0 Å². The summed E-state index contributed by atoms with van der Waals surface area (Å²) < 4.78 is 15.7. The van der Waals surface area contributed by atoms with E-state index in [0.29, 0.717) is 6.42 Å². The minimum absolute atomic E-state index is 0.0888. The van der Waals surface area contributed by atoms with Crippen molar-refractivity contribution in [2.24, 2.45) is 11.8 Å². The molecule has 1 aromatic carbocycles. The van der Waals surface area contributed by atoms with Crippen LogP contribution in [0, 0.1) is 11.8 Å². The van der Waals surface area contributed by atoms with E-state index in [0.717, 1.165) is 5.56 Å². The number of amides is 1. The number of carbonyl (C=O) groups is 3. The maximum Gasteiger partial charge on any atom is 0.408 e. The van der Waals surface area contributed by atoms with Crippen molar-refractivity contribution in [1.29, 1.82) is 0 Å². The van der Waals surface area contributed by atoms with E-state index in [2.05, 4.69) is 5.32 Å². The van der Waals surface area contributed by atoms with Crippen LogP contribution in [-0.2, 0) is 30.4 Å². The molecule has 1 aromatic rings. The highest BCUT2D eigenvalue weighted by Crippen LogP contribution is 2.15. The predicted octanol–water partition coefficient (Wildman–Crippen LogP) is 3.83. The average Bonchev–Trinajstić information content (AvgIpc) is 2.68. The second kappa shape index (κ2) is 12.6. The van der Waals surface area contributed by atoms with E-state index in [1.165, 1.54) is 0 Å². The van der Waals surface area contributed by atoms with E-state index in [-0.39, 0.29) is 23.1 Å². The lowest BCUT2D eigenvalue weighted by Crippen LogP contribution is -2.48. The Bertz CT molecular complexity index is 637. The highest BCUT2D eigenvalue weighted by molar-refractivity contribution is 14.1. The molecule has 0 aliphatic rings. The lowest BCUT2D eigenvalue weighted by atomic mass is 9.99. The van der Waals surface area contributed by atoms with Gasteiger partial charge in [0.15, 0.2) is 0 Å². The first kappa shape index (κ1) is 24.2. The summed E-state index contributed by atoms with van der Waals surface area (Å²) >= 11 is 1.90. The average molecular weight is 505 g/mol. The molecule has 0 aliphatic carbocycles. The molecule has 3 atom stereocenters. The summed E-state index contributed by atoms with van der Waals surface area (Å²) in [4.78, 5) is 36.9. The molecule has 0 aromatic heterocycles. The molecule has 0 aliphatic heterocycles. The maximum atomic E-state index is 12.7. The summed E-state index contributed by atoms with van der Waals surface area (Å²) in [6.45, 7) is 7.31. The van der Waals surface area contributed by atoms with Crippen molar-refractivity contribution in [2.45, 2.75) is 52.9 Å². The predicted molar refractivity (Wildman–Crippen MR) is 113 cm³/mol. The largest absolute Gasteiger partial charge is 0.452 e. The number of esters is 2. The lowest BCUT2D eigenvalue weighted by Gasteiger charge is -2.26. The Morgan fingerprint density at radius 3 is 2.21 bits per heavy atom. The van der Waals surface area contributed by atoms with Crippen LogP contribution < -0.4 is 5.32 Å². The number of alkyl carbamates (subject to hydrolysis) is 1. The molecule has 0 saturated heterocycles. The van der Waals surface area contributed by atoms with Crippen molar-refractivity contribution in [1.82, 2.24) is 5.32 Å². The van der Waals surface area contributed by atoms with Crippen LogP contribution in [0.25, 0.3) is 0 Å². The molecule has 156 valence electrons. The molecule has 0 unspecified atom stereocenters. The molecule has 0 heterocycles. The normalized spacial score (nSPS) is 13.9. The highest BCUT2D eigenvalue weighted by Gasteiger charge is 2.34. The molecule has 0 fully saturated rings. The van der Waals surface area contributed by atoms with Crippen LogP contribution in [-0.4, -0.2) is 34.8 Å². The Morgan fingerprint density at radius 2 is 1.68 bits per heavy atom. The summed E-state index contributed by atoms with van der Waals surface area (Å²) in [5, 5.41) is 2.56. The van der Waals surface area contributed by atoms with Crippen LogP contribution in [0.2, 0.25) is 0 Å². The van der Waals surface area contributed by atoms with Gasteiger partial charge in [-0.05, 0) is 34.1 Å². The minimum atomic E-state index is -1.03. The van der Waals surface area contributed by atoms with Gasteiger partial charge in [-0.25, -0.2) is 14.4 Å². The van der Waals surface area contributed by atoms with Gasteiger partial charge in [0.1, 0.15) is 17.3 Å². The van der Waals surface area contributed by atoms with Crippen LogP contribution in [0.5, 0.6) is 0 Å². The summed E-state index contributed by atoms with van der Waals surface area (Å²) in [5.41, 5.74) is 0.835. The number of hydrogen-bond donors (Lipinski definition) is 1. The Labute approximate surface area is 179 Å². The smallest absolute Gasteiger partial charge is 0.408 e. The van der Waals surface area contributed by atoms with E-state index in [9.17, 15) is 14.4 Å². The van der Waals surface area contributed by atoms with Gasteiger partial charge in [0, 0.05) is 5.92 Å². The van der Waals surface area contributed by atoms with Gasteiger partial charge in [0.05, 0.1) is 0 Å². The second-order valence-electron chi connectivity index (χ2n) is 6.74. The molecule has 1 amide bonds. The molecule has 0 saturated carbocycles. The van der Waals surface area contributed by atoms with Crippen LogP contribution in [0.15, 0.2) is 30.3 Å². The van der Waals surface area contributed by atoms with Crippen molar-refractivity contribution in [2.75, 3.05) is 4.61 Å². The van der Waals surface area contributed by atoms with Gasteiger partial charge in [-0.3, -0.25) is 0 Å². The zero-order valence-electron chi connectivity index (χ0n) is 16.6. The standard InChI is InChI=1S/C20H28INO6/c1-5-14(4)16(18(23)28-17(13(2)3)19(24)27-12-21)22-20(25)26-11-15-9-7-6-8-10-15/h6-10,13-14,16-17H,5,11-12H2,1-4H3,(H,22,25)/t14-,16-,17-/m0/s1. The van der Waals surface area contributed by atoms with E-state index in [1.807, 2.05) is 66.8 Å². The molecule has 1 N–H and O–H groups in total. The van der Waals surface area contributed by atoms with Crippen LogP contribution >= 0.6 is 22.6 Å². The Hall–Kier alpha value is -1.84. The summed E-state index contributed by atoms with van der Waals surface area (Å²) in [7, 11) is 0. The molecule has 0 spiro atoms. The Kier molecular flexibility index (Phi) is 10.9. The number of ether oxygens (including phenoxy) is 3. The first-order valence-corrected chi connectivity index (χ1v) is 10.7. The third-order valence-corrected chi connectivity index (χ3v) is 4.54. The van der Waals surface area contributed by atoms with Crippen LogP contribution in [0.4, 0.5) is 4.79 Å². The molecule has 28 heavy (non-hydrogen) atoms. The first-order valence-electron chi connectivity index (χ1n) is 9.20. The second-order valence-corrected chi connectivity index (χ2v) is 7.37. The third kappa shape index (κ3) is 8.04. The van der Waals surface area contributed by atoms with E-state index < -0.39 is 30.2 Å². The molecule has 8 heteroatoms. The fraction of sp³-hybridized carbons (Fsp3) is 0.550. The van der Waals surface area contributed by atoms with Crippen molar-refractivity contribution < 1.29 is 28.6 Å². The van der Waals surface area contributed by atoms with Gasteiger partial charge in [0.25, 0.3) is 0 Å². The van der Waals surface area contributed by atoms with Gasteiger partial charge in [0.2, 0.25) is 6.10 Å². The molecule has 1 rings (SSSR count). The van der Waals surface area contributed by atoms with Gasteiger partial charge >= 0.3 is 18.0 Å². The van der Waals surface area contributed by atoms with Crippen molar-refractivity contribution in [3.63, 3.8) is 0 Å². The maximum absolute atomic E-state index is 12.7. The van der Waals surface area contributed by atoms with Crippen LogP contribution in [0.3, 0.4) is 0 Å². The number of nitrogens with one attached hydrogen (secondary N) is 1. The Balaban J connectivity index is 2.75. The van der Waals surface area contributed by atoms with Gasteiger partial charge < -0.3 is 19.5 Å². The number of halogens is 1. The van der Waals surface area contributed by atoms with E-state index in [4.69, 9.17) is 14.2 Å². The number of carbonyl (C=O) groups excluding carboxylic acids is 3. The van der Waals surface area contributed by atoms with Crippen molar-refractivity contribution >= 4 is 40.6 Å².